The lowest BCUT2D eigenvalue weighted by Gasteiger charge is -2.01. The van der Waals surface area contributed by atoms with Crippen molar-refractivity contribution < 1.29 is 0 Å². The quantitative estimate of drug-likeness (QED) is 0.857. The molecule has 2 heterocycles. The molecule has 2 aromatic rings. The number of thiophene rings is 1. The number of hydrogen-bond donors (Lipinski definition) is 2. The maximum absolute atomic E-state index is 5.86. The van der Waals surface area contributed by atoms with Gasteiger partial charge >= 0.3 is 0 Å². The molecule has 16 heavy (non-hydrogen) atoms. The van der Waals surface area contributed by atoms with Crippen molar-refractivity contribution in [3.63, 3.8) is 0 Å². The molecule has 3 nitrogen and oxygen atoms in total. The van der Waals surface area contributed by atoms with Gasteiger partial charge in [0.05, 0.1) is 13.3 Å². The molecule has 3 N–H and O–H groups in total. The summed E-state index contributed by atoms with van der Waals surface area (Å²) in [5.74, 6) is 0.603. The molecular formula is C10H11Br2N3S. The molecule has 86 valence electrons. The number of hydrogen-bond acceptors (Lipinski definition) is 3. The van der Waals surface area contributed by atoms with Crippen LogP contribution in [0.15, 0.2) is 13.6 Å². The SMILES string of the molecule is CCCc1c(N)n[nH]c1-c1cc(Br)sc1Br. The average molecular weight is 365 g/mol. The van der Waals surface area contributed by atoms with Gasteiger partial charge < -0.3 is 5.73 Å². The fourth-order valence-corrected chi connectivity index (χ4v) is 4.44. The topological polar surface area (TPSA) is 54.7 Å². The molecule has 0 aromatic carbocycles. The first kappa shape index (κ1) is 12.1. The van der Waals surface area contributed by atoms with E-state index in [1.54, 1.807) is 11.3 Å². The second-order valence-corrected chi connectivity index (χ2v) is 7.20. The first-order valence-corrected chi connectivity index (χ1v) is 7.31. The van der Waals surface area contributed by atoms with Crippen molar-refractivity contribution in [1.82, 2.24) is 10.2 Å². The van der Waals surface area contributed by atoms with E-state index in [1.807, 2.05) is 0 Å². The van der Waals surface area contributed by atoms with Crippen molar-refractivity contribution in [2.24, 2.45) is 0 Å². The molecule has 0 amide bonds. The smallest absolute Gasteiger partial charge is 0.149 e. The normalized spacial score (nSPS) is 10.9. The van der Waals surface area contributed by atoms with E-state index in [-0.39, 0.29) is 0 Å². The van der Waals surface area contributed by atoms with Gasteiger partial charge in [0.15, 0.2) is 0 Å². The summed E-state index contributed by atoms with van der Waals surface area (Å²) < 4.78 is 2.17. The minimum Gasteiger partial charge on any atom is -0.382 e. The highest BCUT2D eigenvalue weighted by Gasteiger charge is 2.16. The zero-order valence-corrected chi connectivity index (χ0v) is 12.7. The van der Waals surface area contributed by atoms with Crippen LogP contribution in [-0.2, 0) is 6.42 Å². The van der Waals surface area contributed by atoms with Gasteiger partial charge in [-0.3, -0.25) is 5.10 Å². The minimum absolute atomic E-state index is 0.603. The van der Waals surface area contributed by atoms with Gasteiger partial charge in [0, 0.05) is 11.1 Å². The summed E-state index contributed by atoms with van der Waals surface area (Å²) in [6.45, 7) is 2.13. The Bertz CT molecular complexity index is 504. The van der Waals surface area contributed by atoms with Crippen LogP contribution in [0.4, 0.5) is 5.82 Å². The number of nitrogens with two attached hydrogens (primary N) is 1. The van der Waals surface area contributed by atoms with E-state index in [2.05, 4.69) is 55.0 Å². The number of aromatic nitrogens is 2. The largest absolute Gasteiger partial charge is 0.382 e. The van der Waals surface area contributed by atoms with Gasteiger partial charge in [-0.15, -0.1) is 11.3 Å². The van der Waals surface area contributed by atoms with Crippen LogP contribution in [0, 0.1) is 0 Å². The van der Waals surface area contributed by atoms with Crippen molar-refractivity contribution >= 4 is 49.0 Å². The molecule has 0 fully saturated rings. The van der Waals surface area contributed by atoms with E-state index < -0.39 is 0 Å². The summed E-state index contributed by atoms with van der Waals surface area (Å²) in [5.41, 5.74) is 9.10. The Morgan fingerprint density at radius 3 is 2.81 bits per heavy atom. The molecule has 2 aromatic heterocycles. The van der Waals surface area contributed by atoms with Crippen molar-refractivity contribution in [2.45, 2.75) is 19.8 Å². The number of anilines is 1. The molecule has 0 spiro atoms. The number of aromatic amines is 1. The van der Waals surface area contributed by atoms with Gasteiger partial charge in [0.2, 0.25) is 0 Å². The zero-order chi connectivity index (χ0) is 11.7. The van der Waals surface area contributed by atoms with Crippen LogP contribution in [0.3, 0.4) is 0 Å². The van der Waals surface area contributed by atoms with Crippen LogP contribution in [0.2, 0.25) is 0 Å². The number of H-pyrrole nitrogens is 1. The fourth-order valence-electron chi connectivity index (χ4n) is 1.62. The van der Waals surface area contributed by atoms with Crippen LogP contribution >= 0.6 is 43.2 Å². The Hall–Kier alpha value is -0.330. The number of halogens is 2. The molecule has 0 aliphatic rings. The molecule has 0 atom stereocenters. The second kappa shape index (κ2) is 4.89. The van der Waals surface area contributed by atoms with E-state index >= 15 is 0 Å². The van der Waals surface area contributed by atoms with Crippen molar-refractivity contribution in [3.05, 3.63) is 19.2 Å². The molecular weight excluding hydrogens is 354 g/mol. The first-order chi connectivity index (χ1) is 7.63. The van der Waals surface area contributed by atoms with E-state index in [0.29, 0.717) is 5.82 Å². The van der Waals surface area contributed by atoms with Crippen LogP contribution in [0.1, 0.15) is 18.9 Å². The van der Waals surface area contributed by atoms with Crippen molar-refractivity contribution in [2.75, 3.05) is 5.73 Å². The Morgan fingerprint density at radius 1 is 1.50 bits per heavy atom. The van der Waals surface area contributed by atoms with E-state index in [4.69, 9.17) is 5.73 Å². The summed E-state index contributed by atoms with van der Waals surface area (Å²) >= 11 is 8.67. The Morgan fingerprint density at radius 2 is 2.25 bits per heavy atom. The third-order valence-electron chi connectivity index (χ3n) is 2.33. The molecule has 6 heteroatoms. The molecule has 0 saturated carbocycles. The van der Waals surface area contributed by atoms with E-state index in [0.717, 1.165) is 37.2 Å². The van der Waals surface area contributed by atoms with Gasteiger partial charge in [0.25, 0.3) is 0 Å². The third kappa shape index (κ3) is 2.19. The van der Waals surface area contributed by atoms with Gasteiger partial charge in [0.1, 0.15) is 5.82 Å². The number of nitrogens with zero attached hydrogens (tertiary/aromatic N) is 1. The van der Waals surface area contributed by atoms with Crippen LogP contribution in [-0.4, -0.2) is 10.2 Å². The Balaban J connectivity index is 2.51. The molecule has 0 saturated heterocycles. The maximum atomic E-state index is 5.86. The zero-order valence-electron chi connectivity index (χ0n) is 8.68. The van der Waals surface area contributed by atoms with Crippen LogP contribution < -0.4 is 5.73 Å². The van der Waals surface area contributed by atoms with Gasteiger partial charge in [-0.05, 0) is 44.3 Å². The number of nitrogen functional groups attached to an aromatic ring is 1. The summed E-state index contributed by atoms with van der Waals surface area (Å²) in [7, 11) is 0. The van der Waals surface area contributed by atoms with Crippen molar-refractivity contribution in [3.8, 4) is 11.3 Å². The predicted molar refractivity (Wildman–Crippen MR) is 75.7 cm³/mol. The minimum atomic E-state index is 0.603. The van der Waals surface area contributed by atoms with E-state index in [9.17, 15) is 0 Å². The summed E-state index contributed by atoms with van der Waals surface area (Å²) in [6.07, 6.45) is 2.00. The van der Waals surface area contributed by atoms with Crippen molar-refractivity contribution in [1.29, 1.82) is 0 Å². The average Bonchev–Trinajstić information content (AvgIpc) is 2.73. The Labute approximate surface area is 115 Å². The summed E-state index contributed by atoms with van der Waals surface area (Å²) in [6, 6.07) is 2.07. The summed E-state index contributed by atoms with van der Waals surface area (Å²) in [5, 5.41) is 7.09. The lowest BCUT2D eigenvalue weighted by atomic mass is 10.1. The van der Waals surface area contributed by atoms with Gasteiger partial charge in [-0.1, -0.05) is 13.3 Å². The highest BCUT2D eigenvalue weighted by molar-refractivity contribution is 9.12. The monoisotopic (exact) mass is 363 g/mol. The van der Waals surface area contributed by atoms with E-state index in [1.165, 1.54) is 0 Å². The second-order valence-electron chi connectivity index (χ2n) is 3.45. The lowest BCUT2D eigenvalue weighted by molar-refractivity contribution is 0.927. The number of nitrogens with one attached hydrogen (secondary N) is 1. The molecule has 0 bridgehead atoms. The highest BCUT2D eigenvalue weighted by Crippen LogP contribution is 2.40. The maximum Gasteiger partial charge on any atom is 0.149 e. The standard InChI is InChI=1S/C10H11Br2N3S/c1-2-3-5-8(14-15-10(5)13)6-4-7(11)16-9(6)12/h4H,2-3H2,1H3,(H3,13,14,15). The highest BCUT2D eigenvalue weighted by atomic mass is 79.9. The van der Waals surface area contributed by atoms with Gasteiger partial charge in [-0.25, -0.2) is 0 Å². The molecule has 2 rings (SSSR count). The lowest BCUT2D eigenvalue weighted by Crippen LogP contribution is -1.92. The fraction of sp³-hybridized carbons (Fsp3) is 0.300. The Kier molecular flexibility index (Phi) is 3.71. The summed E-state index contributed by atoms with van der Waals surface area (Å²) in [4.78, 5) is 0. The number of rotatable bonds is 3. The van der Waals surface area contributed by atoms with Crippen LogP contribution in [0.25, 0.3) is 11.3 Å². The molecule has 0 aliphatic carbocycles. The van der Waals surface area contributed by atoms with Crippen LogP contribution in [0.5, 0.6) is 0 Å². The third-order valence-corrected chi connectivity index (χ3v) is 4.66. The molecule has 0 unspecified atom stereocenters. The molecule has 0 radical (unpaired) electrons. The first-order valence-electron chi connectivity index (χ1n) is 4.91. The molecule has 0 aliphatic heterocycles. The van der Waals surface area contributed by atoms with Gasteiger partial charge in [-0.2, -0.15) is 5.10 Å². The predicted octanol–water partition coefficient (Wildman–Crippen LogP) is 4.20.